The van der Waals surface area contributed by atoms with Crippen molar-refractivity contribution < 1.29 is 0 Å². The molecule has 0 bridgehead atoms. The highest BCUT2D eigenvalue weighted by Gasteiger charge is 2.19. The standard InChI is InChI=1S/C18H17N3OS2/c1-23-13-8-6-12(7-9-13)10-20-21-11-19-17-16(18(21)22)14-4-2-3-5-15(14)24-17/h6-11H,2-5H2,1H3/b20-10-. The zero-order valence-electron chi connectivity index (χ0n) is 13.4. The maximum atomic E-state index is 12.8. The molecule has 4 nitrogen and oxygen atoms in total. The molecule has 0 saturated heterocycles. The predicted octanol–water partition coefficient (Wildman–Crippen LogP) is 3.94. The average molecular weight is 355 g/mol. The third kappa shape index (κ3) is 2.80. The summed E-state index contributed by atoms with van der Waals surface area (Å²) in [5.74, 6) is 0. The molecule has 0 saturated carbocycles. The molecule has 6 heteroatoms. The van der Waals surface area contributed by atoms with Crippen LogP contribution in [0.2, 0.25) is 0 Å². The molecule has 1 aliphatic rings. The van der Waals surface area contributed by atoms with Crippen LogP contribution in [-0.2, 0) is 12.8 Å². The maximum absolute atomic E-state index is 12.8. The van der Waals surface area contributed by atoms with Crippen LogP contribution in [-0.4, -0.2) is 22.1 Å². The van der Waals surface area contributed by atoms with Crippen molar-refractivity contribution in [3.63, 3.8) is 0 Å². The van der Waals surface area contributed by atoms with Crippen molar-refractivity contribution in [2.75, 3.05) is 6.26 Å². The van der Waals surface area contributed by atoms with Crippen LogP contribution < -0.4 is 5.56 Å². The quantitative estimate of drug-likeness (QED) is 0.528. The summed E-state index contributed by atoms with van der Waals surface area (Å²) in [6, 6.07) is 8.09. The minimum atomic E-state index is -0.0589. The molecule has 0 N–H and O–H groups in total. The highest BCUT2D eigenvalue weighted by atomic mass is 32.2. The van der Waals surface area contributed by atoms with Crippen LogP contribution in [0.3, 0.4) is 0 Å². The Kier molecular flexibility index (Phi) is 4.24. The molecule has 0 radical (unpaired) electrons. The Morgan fingerprint density at radius 1 is 1.25 bits per heavy atom. The maximum Gasteiger partial charge on any atom is 0.282 e. The molecule has 0 aliphatic heterocycles. The molecule has 2 aromatic heterocycles. The molecule has 122 valence electrons. The fourth-order valence-corrected chi connectivity index (χ4v) is 4.67. The van der Waals surface area contributed by atoms with Gasteiger partial charge in [0.05, 0.1) is 11.6 Å². The highest BCUT2D eigenvalue weighted by Crippen LogP contribution is 2.33. The molecule has 4 rings (SSSR count). The van der Waals surface area contributed by atoms with Crippen LogP contribution in [0, 0.1) is 0 Å². The summed E-state index contributed by atoms with van der Waals surface area (Å²) in [5, 5.41) is 5.10. The number of benzene rings is 1. The second kappa shape index (κ2) is 6.53. The van der Waals surface area contributed by atoms with E-state index >= 15 is 0 Å². The molecule has 1 aliphatic carbocycles. The summed E-state index contributed by atoms with van der Waals surface area (Å²) >= 11 is 3.36. The zero-order chi connectivity index (χ0) is 16.5. The van der Waals surface area contributed by atoms with Crippen molar-refractivity contribution in [2.45, 2.75) is 30.6 Å². The lowest BCUT2D eigenvalue weighted by Crippen LogP contribution is -2.18. The molecule has 0 unspecified atom stereocenters. The van der Waals surface area contributed by atoms with Gasteiger partial charge >= 0.3 is 0 Å². The van der Waals surface area contributed by atoms with Crippen LogP contribution in [0.4, 0.5) is 0 Å². The summed E-state index contributed by atoms with van der Waals surface area (Å²) in [7, 11) is 0. The van der Waals surface area contributed by atoms with Gasteiger partial charge in [-0.1, -0.05) is 12.1 Å². The first-order valence-corrected chi connectivity index (χ1v) is 10.0. The Labute approximate surface area is 148 Å². The second-order valence-electron chi connectivity index (χ2n) is 5.80. The summed E-state index contributed by atoms with van der Waals surface area (Å²) in [6.45, 7) is 0. The van der Waals surface area contributed by atoms with Gasteiger partial charge in [-0.05, 0) is 55.2 Å². The summed E-state index contributed by atoms with van der Waals surface area (Å²) in [6.07, 6.45) is 9.69. The molecular weight excluding hydrogens is 338 g/mol. The zero-order valence-corrected chi connectivity index (χ0v) is 15.0. The summed E-state index contributed by atoms with van der Waals surface area (Å²) in [5.41, 5.74) is 2.11. The number of fused-ring (bicyclic) bond motifs is 3. The molecule has 0 fully saturated rings. The third-order valence-electron chi connectivity index (χ3n) is 4.31. The number of thioether (sulfide) groups is 1. The van der Waals surface area contributed by atoms with Gasteiger partial charge in [0.15, 0.2) is 0 Å². The van der Waals surface area contributed by atoms with Crippen molar-refractivity contribution in [1.29, 1.82) is 0 Å². The lowest BCUT2D eigenvalue weighted by atomic mass is 9.97. The van der Waals surface area contributed by atoms with Crippen LogP contribution in [0.5, 0.6) is 0 Å². The molecule has 2 heterocycles. The van der Waals surface area contributed by atoms with E-state index in [1.54, 1.807) is 29.3 Å². The van der Waals surface area contributed by atoms with Gasteiger partial charge in [-0.25, -0.2) is 4.98 Å². The van der Waals surface area contributed by atoms with E-state index in [1.165, 1.54) is 32.8 Å². The Morgan fingerprint density at radius 3 is 2.83 bits per heavy atom. The number of aromatic nitrogens is 2. The van der Waals surface area contributed by atoms with Crippen LogP contribution in [0.1, 0.15) is 28.8 Å². The SMILES string of the molecule is CSc1ccc(/C=N\n2cnc3sc4c(c3c2=O)CCCC4)cc1. The van der Waals surface area contributed by atoms with Crippen LogP contribution in [0.15, 0.2) is 45.4 Å². The van der Waals surface area contributed by atoms with Gasteiger partial charge in [0.1, 0.15) is 11.2 Å². The molecule has 24 heavy (non-hydrogen) atoms. The van der Waals surface area contributed by atoms with Gasteiger partial charge in [-0.15, -0.1) is 23.1 Å². The first kappa shape index (κ1) is 15.6. The largest absolute Gasteiger partial charge is 0.282 e. The van der Waals surface area contributed by atoms with E-state index in [-0.39, 0.29) is 5.56 Å². The first-order chi connectivity index (χ1) is 11.8. The van der Waals surface area contributed by atoms with E-state index in [0.717, 1.165) is 35.0 Å². The number of thiophene rings is 1. The van der Waals surface area contributed by atoms with E-state index in [4.69, 9.17) is 0 Å². The molecule has 0 amide bonds. The minimum absolute atomic E-state index is 0.0589. The fraction of sp³-hybridized carbons (Fsp3) is 0.278. The van der Waals surface area contributed by atoms with Crippen molar-refractivity contribution in [3.8, 4) is 0 Å². The van der Waals surface area contributed by atoms with Gasteiger partial charge < -0.3 is 0 Å². The number of rotatable bonds is 3. The Balaban J connectivity index is 1.72. The van der Waals surface area contributed by atoms with Crippen molar-refractivity contribution >= 4 is 39.5 Å². The van der Waals surface area contributed by atoms with Crippen molar-refractivity contribution in [3.05, 3.63) is 57.0 Å². The van der Waals surface area contributed by atoms with Crippen LogP contribution >= 0.6 is 23.1 Å². The number of nitrogens with zero attached hydrogens (tertiary/aromatic N) is 3. The number of hydrogen-bond acceptors (Lipinski definition) is 5. The highest BCUT2D eigenvalue weighted by molar-refractivity contribution is 7.98. The predicted molar refractivity (Wildman–Crippen MR) is 102 cm³/mol. The van der Waals surface area contributed by atoms with Gasteiger partial charge in [0, 0.05) is 9.77 Å². The fourth-order valence-electron chi connectivity index (χ4n) is 3.04. The normalized spacial score (nSPS) is 14.4. The molecule has 0 spiro atoms. The van der Waals surface area contributed by atoms with E-state index in [0.29, 0.717) is 0 Å². The lowest BCUT2D eigenvalue weighted by molar-refractivity contribution is 0.699. The number of hydrogen-bond donors (Lipinski definition) is 0. The second-order valence-corrected chi connectivity index (χ2v) is 7.77. The molecule has 3 aromatic rings. The monoisotopic (exact) mass is 355 g/mol. The molecule has 1 aromatic carbocycles. The van der Waals surface area contributed by atoms with E-state index < -0.39 is 0 Å². The van der Waals surface area contributed by atoms with Crippen molar-refractivity contribution in [1.82, 2.24) is 9.66 Å². The number of aryl methyl sites for hydroxylation is 2. The van der Waals surface area contributed by atoms with Gasteiger partial charge in [0.25, 0.3) is 5.56 Å². The molecular formula is C18H17N3OS2. The summed E-state index contributed by atoms with van der Waals surface area (Å²) in [4.78, 5) is 20.6. The average Bonchev–Trinajstić information content (AvgIpc) is 3.01. The van der Waals surface area contributed by atoms with E-state index in [2.05, 4.69) is 10.1 Å². The Morgan fingerprint density at radius 2 is 2.04 bits per heavy atom. The van der Waals surface area contributed by atoms with Gasteiger partial charge in [0.2, 0.25) is 0 Å². The smallest absolute Gasteiger partial charge is 0.267 e. The van der Waals surface area contributed by atoms with Crippen molar-refractivity contribution in [2.24, 2.45) is 5.10 Å². The molecule has 0 atom stereocenters. The van der Waals surface area contributed by atoms with E-state index in [1.807, 2.05) is 30.5 Å². The summed E-state index contributed by atoms with van der Waals surface area (Å²) < 4.78 is 1.35. The van der Waals surface area contributed by atoms with Gasteiger partial charge in [-0.3, -0.25) is 4.79 Å². The van der Waals surface area contributed by atoms with E-state index in [9.17, 15) is 4.79 Å². The van der Waals surface area contributed by atoms with Gasteiger partial charge in [-0.2, -0.15) is 9.78 Å². The Hall–Kier alpha value is -1.92. The Bertz CT molecular complexity index is 970. The topological polar surface area (TPSA) is 47.2 Å². The first-order valence-electron chi connectivity index (χ1n) is 7.96. The minimum Gasteiger partial charge on any atom is -0.267 e. The third-order valence-corrected chi connectivity index (χ3v) is 6.25. The van der Waals surface area contributed by atoms with Crippen LogP contribution in [0.25, 0.3) is 10.2 Å². The lowest BCUT2D eigenvalue weighted by Gasteiger charge is -2.09.